The Kier molecular flexibility index (Phi) is 7.79. The number of allylic oxidation sites excluding steroid dienone is 1. The van der Waals surface area contributed by atoms with E-state index >= 15 is 0 Å². The van der Waals surface area contributed by atoms with Crippen molar-refractivity contribution in [2.75, 3.05) is 19.6 Å². The molecule has 1 saturated heterocycles. The number of ether oxygens (including phenoxy) is 1. The number of carbonyl (C=O) groups excluding carboxylic acids is 3. The zero-order valence-electron chi connectivity index (χ0n) is 17.2. The Morgan fingerprint density at radius 2 is 1.89 bits per heavy atom. The second-order valence-corrected chi connectivity index (χ2v) is 7.64. The maximum absolute atomic E-state index is 12.4. The Morgan fingerprint density at radius 3 is 2.50 bits per heavy atom. The molecular formula is C22H30N2O4. The molecule has 28 heavy (non-hydrogen) atoms. The van der Waals surface area contributed by atoms with Crippen LogP contribution in [-0.2, 0) is 9.59 Å². The number of piperidine rings is 1. The Balaban J connectivity index is 1.81. The third-order valence-corrected chi connectivity index (χ3v) is 5.10. The van der Waals surface area contributed by atoms with Crippen molar-refractivity contribution in [1.29, 1.82) is 0 Å². The molecule has 1 aliphatic rings. The molecule has 152 valence electrons. The van der Waals surface area contributed by atoms with Crippen LogP contribution >= 0.6 is 0 Å². The van der Waals surface area contributed by atoms with Gasteiger partial charge in [0.2, 0.25) is 5.91 Å². The van der Waals surface area contributed by atoms with Crippen LogP contribution in [0.1, 0.15) is 50.9 Å². The predicted molar refractivity (Wildman–Crippen MR) is 108 cm³/mol. The summed E-state index contributed by atoms with van der Waals surface area (Å²) in [7, 11) is 0. The van der Waals surface area contributed by atoms with E-state index in [-0.39, 0.29) is 11.8 Å². The lowest BCUT2D eigenvalue weighted by atomic mass is 9.96. The van der Waals surface area contributed by atoms with Crippen molar-refractivity contribution in [3.8, 4) is 5.75 Å². The van der Waals surface area contributed by atoms with Gasteiger partial charge in [0, 0.05) is 38.2 Å². The monoisotopic (exact) mass is 386 g/mol. The summed E-state index contributed by atoms with van der Waals surface area (Å²) in [5.41, 5.74) is 1.55. The van der Waals surface area contributed by atoms with E-state index in [2.05, 4.69) is 19.2 Å². The maximum Gasteiger partial charge on any atom is 0.308 e. The van der Waals surface area contributed by atoms with E-state index < -0.39 is 5.97 Å². The molecule has 0 atom stereocenters. The minimum absolute atomic E-state index is 0.0796. The van der Waals surface area contributed by atoms with Crippen LogP contribution in [0.25, 0.3) is 0 Å². The molecular weight excluding hydrogens is 356 g/mol. The molecule has 1 fully saturated rings. The molecule has 1 heterocycles. The number of hydrogen-bond donors (Lipinski definition) is 1. The first-order valence-corrected chi connectivity index (χ1v) is 9.80. The van der Waals surface area contributed by atoms with E-state index in [0.29, 0.717) is 42.8 Å². The number of nitrogens with zero attached hydrogens (tertiary/aromatic N) is 1. The van der Waals surface area contributed by atoms with Crippen LogP contribution in [-0.4, -0.2) is 42.3 Å². The van der Waals surface area contributed by atoms with Crippen LogP contribution in [0.5, 0.6) is 5.75 Å². The highest BCUT2D eigenvalue weighted by Crippen LogP contribution is 2.19. The lowest BCUT2D eigenvalue weighted by molar-refractivity contribution is -0.132. The minimum Gasteiger partial charge on any atom is -0.427 e. The number of nitrogens with one attached hydrogen (secondary N) is 1. The number of carbonyl (C=O) groups is 3. The van der Waals surface area contributed by atoms with E-state index in [1.807, 2.05) is 11.8 Å². The van der Waals surface area contributed by atoms with Crippen LogP contribution < -0.4 is 10.1 Å². The van der Waals surface area contributed by atoms with Crippen LogP contribution in [0.3, 0.4) is 0 Å². The minimum atomic E-state index is -0.419. The summed E-state index contributed by atoms with van der Waals surface area (Å²) in [5, 5.41) is 2.95. The first-order valence-electron chi connectivity index (χ1n) is 9.80. The molecule has 0 bridgehead atoms. The molecule has 0 unspecified atom stereocenters. The topological polar surface area (TPSA) is 75.7 Å². The van der Waals surface area contributed by atoms with Gasteiger partial charge in [-0.1, -0.05) is 25.5 Å². The van der Waals surface area contributed by atoms with Crippen LogP contribution in [0.4, 0.5) is 0 Å². The second-order valence-electron chi connectivity index (χ2n) is 7.64. The first-order chi connectivity index (χ1) is 13.3. The summed E-state index contributed by atoms with van der Waals surface area (Å²) >= 11 is 0. The number of hydrogen-bond acceptors (Lipinski definition) is 4. The van der Waals surface area contributed by atoms with E-state index in [4.69, 9.17) is 4.74 Å². The standard InChI is InChI=1S/C22H30N2O4/c1-15(2)16(3)12-21(26)24-10-8-18(9-11-24)14-23-22(27)19-6-5-7-20(13-19)28-17(4)25/h5-7,12-13,15,18H,8-11,14H2,1-4H3,(H,23,27)/b16-12+. The van der Waals surface area contributed by atoms with E-state index in [0.717, 1.165) is 18.4 Å². The molecule has 0 spiro atoms. The Labute approximate surface area is 166 Å². The quantitative estimate of drug-likeness (QED) is 0.463. The third-order valence-electron chi connectivity index (χ3n) is 5.10. The summed E-state index contributed by atoms with van der Waals surface area (Å²) in [6.45, 7) is 9.46. The van der Waals surface area contributed by atoms with Gasteiger partial charge in [0.25, 0.3) is 5.91 Å². The van der Waals surface area contributed by atoms with Crippen molar-refractivity contribution in [2.45, 2.75) is 40.5 Å². The third kappa shape index (κ3) is 6.51. The Hall–Kier alpha value is -2.63. The van der Waals surface area contributed by atoms with E-state index in [1.54, 1.807) is 30.3 Å². The molecule has 6 nitrogen and oxygen atoms in total. The largest absolute Gasteiger partial charge is 0.427 e. The molecule has 1 aliphatic heterocycles. The highest BCUT2D eigenvalue weighted by Gasteiger charge is 2.22. The van der Waals surface area contributed by atoms with Gasteiger partial charge in [0.15, 0.2) is 0 Å². The van der Waals surface area contributed by atoms with Gasteiger partial charge >= 0.3 is 5.97 Å². The average molecular weight is 386 g/mol. The predicted octanol–water partition coefficient (Wildman–Crippen LogP) is 3.18. The van der Waals surface area contributed by atoms with Gasteiger partial charge in [-0.2, -0.15) is 0 Å². The lowest BCUT2D eigenvalue weighted by Crippen LogP contribution is -2.41. The van der Waals surface area contributed by atoms with Gasteiger partial charge in [0.1, 0.15) is 5.75 Å². The first kappa shape index (κ1) is 21.7. The summed E-state index contributed by atoms with van der Waals surface area (Å²) in [4.78, 5) is 37.6. The summed E-state index contributed by atoms with van der Waals surface area (Å²) in [6, 6.07) is 6.57. The molecule has 1 aromatic carbocycles. The Bertz CT molecular complexity index is 747. The molecule has 2 rings (SSSR count). The molecule has 0 aromatic heterocycles. The van der Waals surface area contributed by atoms with Crippen molar-refractivity contribution < 1.29 is 19.1 Å². The highest BCUT2D eigenvalue weighted by molar-refractivity contribution is 5.94. The molecule has 0 radical (unpaired) electrons. The fourth-order valence-electron chi connectivity index (χ4n) is 3.02. The summed E-state index contributed by atoms with van der Waals surface area (Å²) < 4.78 is 5.01. The number of esters is 1. The number of likely N-dealkylation sites (tertiary alicyclic amines) is 1. The second kappa shape index (κ2) is 10.1. The van der Waals surface area contributed by atoms with Gasteiger partial charge in [-0.05, 0) is 49.8 Å². The lowest BCUT2D eigenvalue weighted by Gasteiger charge is -2.31. The van der Waals surface area contributed by atoms with Gasteiger partial charge < -0.3 is 15.0 Å². The molecule has 1 aromatic rings. The van der Waals surface area contributed by atoms with Gasteiger partial charge in [-0.3, -0.25) is 14.4 Å². The van der Waals surface area contributed by atoms with Crippen molar-refractivity contribution in [3.63, 3.8) is 0 Å². The van der Waals surface area contributed by atoms with Crippen LogP contribution in [0.15, 0.2) is 35.9 Å². The SMILES string of the molecule is CC(=O)Oc1cccc(C(=O)NCC2CCN(C(=O)/C=C(\C)C(C)C)CC2)c1. The number of benzene rings is 1. The van der Waals surface area contributed by atoms with Crippen molar-refractivity contribution in [1.82, 2.24) is 10.2 Å². The van der Waals surface area contributed by atoms with Crippen molar-refractivity contribution >= 4 is 17.8 Å². The fraction of sp³-hybridized carbons (Fsp3) is 0.500. The van der Waals surface area contributed by atoms with Gasteiger partial charge in [-0.25, -0.2) is 0 Å². The van der Waals surface area contributed by atoms with Crippen molar-refractivity contribution in [2.24, 2.45) is 11.8 Å². The van der Waals surface area contributed by atoms with E-state index in [1.165, 1.54) is 6.92 Å². The maximum atomic E-state index is 12.4. The zero-order valence-corrected chi connectivity index (χ0v) is 17.2. The molecule has 6 heteroatoms. The highest BCUT2D eigenvalue weighted by atomic mass is 16.5. The van der Waals surface area contributed by atoms with Crippen LogP contribution in [0.2, 0.25) is 0 Å². The van der Waals surface area contributed by atoms with E-state index in [9.17, 15) is 14.4 Å². The number of amides is 2. The summed E-state index contributed by atoms with van der Waals surface area (Å²) in [6.07, 6.45) is 3.48. The van der Waals surface area contributed by atoms with Crippen LogP contribution in [0, 0.1) is 11.8 Å². The van der Waals surface area contributed by atoms with Gasteiger partial charge in [-0.15, -0.1) is 0 Å². The molecule has 0 aliphatic carbocycles. The normalized spacial score (nSPS) is 15.5. The zero-order chi connectivity index (χ0) is 20.7. The molecule has 2 amide bonds. The smallest absolute Gasteiger partial charge is 0.308 e. The Morgan fingerprint density at radius 1 is 1.21 bits per heavy atom. The van der Waals surface area contributed by atoms with Gasteiger partial charge in [0.05, 0.1) is 0 Å². The fourth-order valence-corrected chi connectivity index (χ4v) is 3.02. The number of rotatable bonds is 6. The molecule has 0 saturated carbocycles. The summed E-state index contributed by atoms with van der Waals surface area (Å²) in [5.74, 6) is 0.545. The average Bonchev–Trinajstić information content (AvgIpc) is 2.66. The molecule has 1 N–H and O–H groups in total. The van der Waals surface area contributed by atoms with Crippen molar-refractivity contribution in [3.05, 3.63) is 41.5 Å².